The molecular weight excluding hydrogens is 300 g/mol. The van der Waals surface area contributed by atoms with Crippen molar-refractivity contribution in [2.45, 2.75) is 32.8 Å². The molecule has 2 aromatic rings. The van der Waals surface area contributed by atoms with Crippen molar-refractivity contribution in [1.82, 2.24) is 0 Å². The molecule has 1 atom stereocenters. The Labute approximate surface area is 134 Å². The number of halogens is 2. The molecule has 3 nitrogen and oxygen atoms in total. The lowest BCUT2D eigenvalue weighted by molar-refractivity contribution is -0.122. The third-order valence-electron chi connectivity index (χ3n) is 3.40. The van der Waals surface area contributed by atoms with Gasteiger partial charge in [-0.2, -0.15) is 0 Å². The predicted octanol–water partition coefficient (Wildman–Crippen LogP) is 4.49. The Bertz CT molecular complexity index is 701. The van der Waals surface area contributed by atoms with Crippen molar-refractivity contribution in [3.63, 3.8) is 0 Å². The van der Waals surface area contributed by atoms with E-state index in [-0.39, 0.29) is 11.6 Å². The number of carbonyl (C=O) groups is 1. The number of benzene rings is 2. The lowest BCUT2D eigenvalue weighted by atomic mass is 10.0. The normalized spacial score (nSPS) is 12.1. The highest BCUT2D eigenvalue weighted by atomic mass is 19.2. The van der Waals surface area contributed by atoms with E-state index in [9.17, 15) is 13.6 Å². The van der Waals surface area contributed by atoms with Gasteiger partial charge in [0.2, 0.25) is 0 Å². The number of hydrogen-bond donors (Lipinski definition) is 1. The second-order valence-electron chi connectivity index (χ2n) is 5.57. The van der Waals surface area contributed by atoms with Gasteiger partial charge in [0.05, 0.1) is 0 Å². The minimum atomic E-state index is -1.01. The minimum absolute atomic E-state index is 0.182. The molecule has 0 saturated carbocycles. The monoisotopic (exact) mass is 319 g/mol. The molecule has 2 rings (SSSR count). The van der Waals surface area contributed by atoms with Crippen LogP contribution in [0.5, 0.6) is 5.75 Å². The average Bonchev–Trinajstić information content (AvgIpc) is 2.51. The van der Waals surface area contributed by atoms with Crippen molar-refractivity contribution in [1.29, 1.82) is 0 Å². The van der Waals surface area contributed by atoms with Crippen LogP contribution in [0.3, 0.4) is 0 Å². The molecule has 0 aliphatic carbocycles. The molecule has 1 amide bonds. The fraction of sp³-hybridized carbons (Fsp3) is 0.278. The molecular formula is C18H19F2NO2. The molecule has 0 bridgehead atoms. The fourth-order valence-corrected chi connectivity index (χ4v) is 2.13. The zero-order valence-electron chi connectivity index (χ0n) is 13.3. The van der Waals surface area contributed by atoms with E-state index >= 15 is 0 Å². The van der Waals surface area contributed by atoms with E-state index in [1.165, 1.54) is 6.07 Å². The van der Waals surface area contributed by atoms with E-state index in [4.69, 9.17) is 4.74 Å². The maximum atomic E-state index is 13.2. The van der Waals surface area contributed by atoms with Crippen LogP contribution in [0.4, 0.5) is 14.5 Å². The summed E-state index contributed by atoms with van der Waals surface area (Å²) < 4.78 is 31.8. The van der Waals surface area contributed by atoms with Crippen molar-refractivity contribution >= 4 is 11.6 Å². The molecule has 1 N–H and O–H groups in total. The third kappa shape index (κ3) is 4.28. The number of rotatable bonds is 5. The van der Waals surface area contributed by atoms with Gasteiger partial charge < -0.3 is 10.1 Å². The van der Waals surface area contributed by atoms with Crippen molar-refractivity contribution < 1.29 is 18.3 Å². The van der Waals surface area contributed by atoms with E-state index in [1.807, 2.05) is 32.0 Å². The molecule has 0 radical (unpaired) electrons. The number of hydrogen-bond acceptors (Lipinski definition) is 2. The number of ether oxygens (including phenoxy) is 1. The summed E-state index contributed by atoms with van der Waals surface area (Å²) >= 11 is 0. The van der Waals surface area contributed by atoms with Gasteiger partial charge in [0.1, 0.15) is 5.75 Å². The maximum Gasteiger partial charge on any atom is 0.265 e. The van der Waals surface area contributed by atoms with E-state index < -0.39 is 23.6 Å². The van der Waals surface area contributed by atoms with Crippen molar-refractivity contribution in [3.8, 4) is 5.75 Å². The van der Waals surface area contributed by atoms with Gasteiger partial charge in [-0.25, -0.2) is 8.78 Å². The van der Waals surface area contributed by atoms with Crippen molar-refractivity contribution in [3.05, 3.63) is 59.7 Å². The van der Waals surface area contributed by atoms with Crippen LogP contribution in [0.25, 0.3) is 0 Å². The highest BCUT2D eigenvalue weighted by molar-refractivity contribution is 5.94. The number of carbonyl (C=O) groups excluding carboxylic acids is 1. The van der Waals surface area contributed by atoms with Crippen LogP contribution in [0.1, 0.15) is 32.3 Å². The quantitative estimate of drug-likeness (QED) is 0.881. The first-order chi connectivity index (χ1) is 10.9. The molecule has 0 aromatic heterocycles. The summed E-state index contributed by atoms with van der Waals surface area (Å²) in [6, 6.07) is 10.7. The van der Waals surface area contributed by atoms with E-state index in [0.29, 0.717) is 5.75 Å². The molecule has 122 valence electrons. The van der Waals surface area contributed by atoms with Crippen LogP contribution in [0, 0.1) is 11.6 Å². The molecule has 0 unspecified atom stereocenters. The van der Waals surface area contributed by atoms with Gasteiger partial charge in [0.25, 0.3) is 5.91 Å². The van der Waals surface area contributed by atoms with Gasteiger partial charge in [-0.1, -0.05) is 32.0 Å². The molecule has 0 spiro atoms. The van der Waals surface area contributed by atoms with E-state index in [0.717, 1.165) is 17.7 Å². The summed E-state index contributed by atoms with van der Waals surface area (Å²) in [4.78, 5) is 12.1. The van der Waals surface area contributed by atoms with Gasteiger partial charge in [-0.05, 0) is 36.6 Å². The first kappa shape index (κ1) is 16.9. The minimum Gasteiger partial charge on any atom is -0.481 e. The number of amides is 1. The van der Waals surface area contributed by atoms with Crippen LogP contribution < -0.4 is 10.1 Å². The Hall–Kier alpha value is -2.43. The lowest BCUT2D eigenvalue weighted by Crippen LogP contribution is -2.30. The second kappa shape index (κ2) is 7.22. The van der Waals surface area contributed by atoms with Gasteiger partial charge in [0.15, 0.2) is 17.7 Å². The number of nitrogens with one attached hydrogen (secondary N) is 1. The Morgan fingerprint density at radius 1 is 1.04 bits per heavy atom. The lowest BCUT2D eigenvalue weighted by Gasteiger charge is -2.18. The van der Waals surface area contributed by atoms with Crippen molar-refractivity contribution in [2.75, 3.05) is 5.32 Å². The van der Waals surface area contributed by atoms with Crippen LogP contribution in [-0.2, 0) is 4.79 Å². The first-order valence-corrected chi connectivity index (χ1v) is 7.40. The second-order valence-corrected chi connectivity index (χ2v) is 5.57. The Morgan fingerprint density at radius 3 is 2.39 bits per heavy atom. The zero-order chi connectivity index (χ0) is 17.0. The third-order valence-corrected chi connectivity index (χ3v) is 3.40. The zero-order valence-corrected chi connectivity index (χ0v) is 13.3. The molecule has 0 heterocycles. The van der Waals surface area contributed by atoms with Gasteiger partial charge >= 0.3 is 0 Å². The smallest absolute Gasteiger partial charge is 0.265 e. The summed E-state index contributed by atoms with van der Waals surface area (Å²) in [6.07, 6.45) is -0.775. The molecule has 5 heteroatoms. The van der Waals surface area contributed by atoms with Gasteiger partial charge in [0, 0.05) is 11.8 Å². The predicted molar refractivity (Wildman–Crippen MR) is 85.6 cm³/mol. The summed E-state index contributed by atoms with van der Waals surface area (Å²) in [7, 11) is 0. The fourth-order valence-electron chi connectivity index (χ4n) is 2.13. The largest absolute Gasteiger partial charge is 0.481 e. The number of anilines is 1. The van der Waals surface area contributed by atoms with Gasteiger partial charge in [-0.3, -0.25) is 4.79 Å². The SMILES string of the molecule is CC(C)c1ccccc1O[C@@H](C)C(=O)Nc1ccc(F)c(F)c1. The van der Waals surface area contributed by atoms with Crippen LogP contribution in [0.15, 0.2) is 42.5 Å². The molecule has 2 aromatic carbocycles. The van der Waals surface area contributed by atoms with Crippen LogP contribution >= 0.6 is 0 Å². The molecule has 0 saturated heterocycles. The van der Waals surface area contributed by atoms with Crippen LogP contribution in [0.2, 0.25) is 0 Å². The Balaban J connectivity index is 2.07. The first-order valence-electron chi connectivity index (χ1n) is 7.40. The summed E-state index contributed by atoms with van der Waals surface area (Å²) in [5.74, 6) is -1.52. The average molecular weight is 319 g/mol. The summed E-state index contributed by atoms with van der Waals surface area (Å²) in [6.45, 7) is 5.68. The standard InChI is InChI=1S/C18H19F2NO2/c1-11(2)14-6-4-5-7-17(14)23-12(3)18(22)21-13-8-9-15(19)16(20)10-13/h4-12H,1-3H3,(H,21,22)/t12-/m0/s1. The van der Waals surface area contributed by atoms with Crippen LogP contribution in [-0.4, -0.2) is 12.0 Å². The highest BCUT2D eigenvalue weighted by Gasteiger charge is 2.18. The number of para-hydroxylation sites is 1. The highest BCUT2D eigenvalue weighted by Crippen LogP contribution is 2.27. The van der Waals surface area contributed by atoms with Gasteiger partial charge in [-0.15, -0.1) is 0 Å². The van der Waals surface area contributed by atoms with Crippen molar-refractivity contribution in [2.24, 2.45) is 0 Å². The molecule has 0 aliphatic heterocycles. The molecule has 23 heavy (non-hydrogen) atoms. The molecule has 0 fully saturated rings. The molecule has 0 aliphatic rings. The maximum absolute atomic E-state index is 13.2. The Kier molecular flexibility index (Phi) is 5.32. The Morgan fingerprint density at radius 2 is 1.74 bits per heavy atom. The summed E-state index contributed by atoms with van der Waals surface area (Å²) in [5, 5.41) is 2.51. The van der Waals surface area contributed by atoms with E-state index in [1.54, 1.807) is 13.0 Å². The summed E-state index contributed by atoms with van der Waals surface area (Å²) in [5.41, 5.74) is 1.18. The van der Waals surface area contributed by atoms with E-state index in [2.05, 4.69) is 5.32 Å². The topological polar surface area (TPSA) is 38.3 Å².